The van der Waals surface area contributed by atoms with Gasteiger partial charge in [-0.25, -0.2) is 4.79 Å². The third-order valence-electron chi connectivity index (χ3n) is 5.88. The molecule has 9 heteroatoms. The maximum atomic E-state index is 12.2. The monoisotopic (exact) mass is 434 g/mol. The highest BCUT2D eigenvalue weighted by Gasteiger charge is 2.28. The van der Waals surface area contributed by atoms with Crippen molar-refractivity contribution in [2.24, 2.45) is 5.92 Å². The Kier molecular flexibility index (Phi) is 7.25. The zero-order valence-corrected chi connectivity index (χ0v) is 19.0. The predicted octanol–water partition coefficient (Wildman–Crippen LogP) is 3.37. The van der Waals surface area contributed by atoms with Gasteiger partial charge in [0.25, 0.3) is 0 Å². The summed E-state index contributed by atoms with van der Waals surface area (Å²) >= 11 is 0. The summed E-state index contributed by atoms with van der Waals surface area (Å²) in [5.74, 6) is 0.914. The van der Waals surface area contributed by atoms with E-state index in [1.807, 2.05) is 20.8 Å². The molecular weight excluding hydrogens is 400 g/mol. The van der Waals surface area contributed by atoms with E-state index >= 15 is 0 Å². The van der Waals surface area contributed by atoms with E-state index in [1.165, 1.54) is 13.2 Å². The Labute approximate surface area is 184 Å². The lowest BCUT2D eigenvalue weighted by Gasteiger charge is -2.39. The number of carbonyl (C=O) groups excluding carboxylic acids is 1. The Morgan fingerprint density at radius 2 is 1.77 bits per heavy atom. The van der Waals surface area contributed by atoms with Gasteiger partial charge in [-0.15, -0.1) is 0 Å². The molecule has 0 bridgehead atoms. The van der Waals surface area contributed by atoms with Gasteiger partial charge in [0.1, 0.15) is 5.60 Å². The number of carbonyl (C=O) groups is 1. The number of anilines is 1. The Bertz CT molecular complexity index is 779. The summed E-state index contributed by atoms with van der Waals surface area (Å²) in [4.78, 5) is 29.4. The molecule has 0 saturated carbocycles. The molecule has 0 aromatic heterocycles. The van der Waals surface area contributed by atoms with Gasteiger partial charge in [-0.1, -0.05) is 0 Å². The van der Waals surface area contributed by atoms with Gasteiger partial charge < -0.3 is 19.3 Å². The van der Waals surface area contributed by atoms with Crippen molar-refractivity contribution in [1.29, 1.82) is 0 Å². The molecule has 9 nitrogen and oxygen atoms in total. The van der Waals surface area contributed by atoms with E-state index in [4.69, 9.17) is 9.47 Å². The van der Waals surface area contributed by atoms with Crippen LogP contribution in [0.25, 0.3) is 0 Å². The molecule has 2 aliphatic heterocycles. The van der Waals surface area contributed by atoms with Gasteiger partial charge in [-0.2, -0.15) is 0 Å². The van der Waals surface area contributed by atoms with Crippen molar-refractivity contribution in [2.45, 2.75) is 39.2 Å². The predicted molar refractivity (Wildman–Crippen MR) is 119 cm³/mol. The molecule has 2 heterocycles. The van der Waals surface area contributed by atoms with Gasteiger partial charge in [0.05, 0.1) is 12.0 Å². The van der Waals surface area contributed by atoms with Gasteiger partial charge >= 0.3 is 11.8 Å². The SMILES string of the molecule is COc1cc(N2CCC(CN3CCN(C(=O)OC(C)(C)C)CC3)CC2)ccc1[N+](=O)[O-]. The molecule has 172 valence electrons. The Hall–Kier alpha value is -2.55. The number of amides is 1. The van der Waals surface area contributed by atoms with Gasteiger partial charge in [-0.05, 0) is 45.6 Å². The van der Waals surface area contributed by atoms with Crippen molar-refractivity contribution >= 4 is 17.5 Å². The van der Waals surface area contributed by atoms with Crippen LogP contribution in [0.4, 0.5) is 16.2 Å². The molecule has 0 radical (unpaired) electrons. The zero-order chi connectivity index (χ0) is 22.6. The number of hydrogen-bond donors (Lipinski definition) is 0. The van der Waals surface area contributed by atoms with Crippen LogP contribution in [-0.4, -0.2) is 79.3 Å². The van der Waals surface area contributed by atoms with Gasteiger partial charge in [-0.3, -0.25) is 15.0 Å². The largest absolute Gasteiger partial charge is 0.490 e. The van der Waals surface area contributed by atoms with E-state index in [0.29, 0.717) is 24.8 Å². The van der Waals surface area contributed by atoms with E-state index in [2.05, 4.69) is 9.80 Å². The molecule has 0 spiro atoms. The van der Waals surface area contributed by atoms with Crippen LogP contribution in [0, 0.1) is 16.0 Å². The van der Waals surface area contributed by atoms with Crippen molar-refractivity contribution in [3.8, 4) is 5.75 Å². The third-order valence-corrected chi connectivity index (χ3v) is 5.88. The number of benzene rings is 1. The smallest absolute Gasteiger partial charge is 0.410 e. The number of methoxy groups -OCH3 is 1. The Morgan fingerprint density at radius 3 is 2.32 bits per heavy atom. The summed E-state index contributed by atoms with van der Waals surface area (Å²) < 4.78 is 10.7. The number of nitrogens with zero attached hydrogens (tertiary/aromatic N) is 4. The topological polar surface area (TPSA) is 88.4 Å². The van der Waals surface area contributed by atoms with Crippen LogP contribution in [0.1, 0.15) is 33.6 Å². The van der Waals surface area contributed by atoms with Gasteiger partial charge in [0.2, 0.25) is 0 Å². The first-order valence-electron chi connectivity index (χ1n) is 10.9. The molecule has 0 N–H and O–H groups in total. The van der Waals surface area contributed by atoms with Crippen molar-refractivity contribution < 1.29 is 19.2 Å². The van der Waals surface area contributed by atoms with Crippen LogP contribution in [0.3, 0.4) is 0 Å². The molecule has 1 aromatic rings. The lowest BCUT2D eigenvalue weighted by atomic mass is 9.95. The molecule has 2 fully saturated rings. The number of piperazine rings is 1. The summed E-state index contributed by atoms with van der Waals surface area (Å²) in [6.45, 7) is 11.7. The van der Waals surface area contributed by atoms with E-state index in [1.54, 1.807) is 17.0 Å². The summed E-state index contributed by atoms with van der Waals surface area (Å²) in [6, 6.07) is 5.08. The highest BCUT2D eigenvalue weighted by atomic mass is 16.6. The summed E-state index contributed by atoms with van der Waals surface area (Å²) in [7, 11) is 1.46. The fraction of sp³-hybridized carbons (Fsp3) is 0.682. The van der Waals surface area contributed by atoms with Crippen molar-refractivity contribution in [3.05, 3.63) is 28.3 Å². The summed E-state index contributed by atoms with van der Waals surface area (Å²) in [5, 5.41) is 11.1. The van der Waals surface area contributed by atoms with Crippen LogP contribution in [0.15, 0.2) is 18.2 Å². The van der Waals surface area contributed by atoms with Crippen LogP contribution in [0.2, 0.25) is 0 Å². The third kappa shape index (κ3) is 6.22. The maximum absolute atomic E-state index is 12.2. The lowest BCUT2D eigenvalue weighted by Crippen LogP contribution is -2.51. The molecule has 2 saturated heterocycles. The number of rotatable bonds is 5. The van der Waals surface area contributed by atoms with E-state index in [0.717, 1.165) is 51.3 Å². The van der Waals surface area contributed by atoms with E-state index < -0.39 is 10.5 Å². The number of ether oxygens (including phenoxy) is 2. The van der Waals surface area contributed by atoms with Crippen LogP contribution >= 0.6 is 0 Å². The molecule has 3 rings (SSSR count). The second-order valence-electron chi connectivity index (χ2n) is 9.31. The lowest BCUT2D eigenvalue weighted by molar-refractivity contribution is -0.385. The first-order chi connectivity index (χ1) is 14.7. The molecular formula is C22H34N4O5. The summed E-state index contributed by atoms with van der Waals surface area (Å²) in [5.41, 5.74) is 0.495. The van der Waals surface area contributed by atoms with Crippen molar-refractivity contribution in [1.82, 2.24) is 9.80 Å². The van der Waals surface area contributed by atoms with Crippen LogP contribution < -0.4 is 9.64 Å². The second kappa shape index (κ2) is 9.72. The average Bonchev–Trinajstić information content (AvgIpc) is 2.73. The van der Waals surface area contributed by atoms with E-state index in [-0.39, 0.29) is 11.8 Å². The highest BCUT2D eigenvalue weighted by molar-refractivity contribution is 5.68. The molecule has 31 heavy (non-hydrogen) atoms. The summed E-state index contributed by atoms with van der Waals surface area (Å²) in [6.07, 6.45) is 1.93. The fourth-order valence-corrected chi connectivity index (χ4v) is 4.19. The zero-order valence-electron chi connectivity index (χ0n) is 19.0. The normalized spacial score (nSPS) is 18.7. The number of piperidine rings is 1. The first kappa shape index (κ1) is 23.1. The minimum absolute atomic E-state index is 0.00772. The number of nitro benzene ring substituents is 1. The molecule has 1 amide bonds. The van der Waals surface area contributed by atoms with Crippen molar-refractivity contribution in [2.75, 3.05) is 57.8 Å². The average molecular weight is 435 g/mol. The standard InChI is InChI=1S/C22H34N4O5/c1-22(2,3)31-21(27)25-13-11-23(12-14-25)16-17-7-9-24(10-8-17)18-5-6-19(26(28)29)20(15-18)30-4/h5-6,15,17H,7-14,16H2,1-4H3. The molecule has 0 aliphatic carbocycles. The number of nitro groups is 1. The van der Waals surface area contributed by atoms with Crippen LogP contribution in [-0.2, 0) is 4.74 Å². The molecule has 0 atom stereocenters. The molecule has 0 unspecified atom stereocenters. The highest BCUT2D eigenvalue weighted by Crippen LogP contribution is 2.33. The van der Waals surface area contributed by atoms with Crippen molar-refractivity contribution in [3.63, 3.8) is 0 Å². The van der Waals surface area contributed by atoms with E-state index in [9.17, 15) is 14.9 Å². The Balaban J connectivity index is 1.45. The molecule has 2 aliphatic rings. The fourth-order valence-electron chi connectivity index (χ4n) is 4.19. The van der Waals surface area contributed by atoms with Crippen LogP contribution in [0.5, 0.6) is 5.75 Å². The first-order valence-corrected chi connectivity index (χ1v) is 10.9. The maximum Gasteiger partial charge on any atom is 0.410 e. The van der Waals surface area contributed by atoms with Gasteiger partial charge in [0, 0.05) is 63.6 Å². The Morgan fingerprint density at radius 1 is 1.13 bits per heavy atom. The minimum Gasteiger partial charge on any atom is -0.490 e. The van der Waals surface area contributed by atoms with Gasteiger partial charge in [0.15, 0.2) is 5.75 Å². The quantitative estimate of drug-likeness (QED) is 0.518. The second-order valence-corrected chi connectivity index (χ2v) is 9.31. The minimum atomic E-state index is -0.462. The molecule has 1 aromatic carbocycles. The number of hydrogen-bond acceptors (Lipinski definition) is 7.